The Hall–Kier alpha value is -0.570. The minimum absolute atomic E-state index is 0.680. The Bertz CT molecular complexity index is 247. The predicted molar refractivity (Wildman–Crippen MR) is 52.7 cm³/mol. The van der Waals surface area contributed by atoms with E-state index in [1.807, 2.05) is 0 Å². The Morgan fingerprint density at radius 3 is 2.35 bits per heavy atom. The fourth-order valence-corrected chi connectivity index (χ4v) is 1.09. The molecule has 0 rings (SSSR count). The zero-order chi connectivity index (χ0) is 13.5. The average molecular weight is 281 g/mol. The smallest absolute Gasteiger partial charge is 0.347 e. The summed E-state index contributed by atoms with van der Waals surface area (Å²) in [6, 6.07) is 0. The van der Waals surface area contributed by atoms with Gasteiger partial charge in [0.05, 0.1) is 0 Å². The van der Waals surface area contributed by atoms with Crippen molar-refractivity contribution in [3.63, 3.8) is 0 Å². The van der Waals surface area contributed by atoms with Crippen LogP contribution in [0.5, 0.6) is 0 Å². The first kappa shape index (κ1) is 16.4. The second-order valence-corrected chi connectivity index (χ2v) is 3.75. The quantitative estimate of drug-likeness (QED) is 0.575. The first-order valence-electron chi connectivity index (χ1n) is 4.53. The van der Waals surface area contributed by atoms with Gasteiger partial charge in [-0.25, -0.2) is 8.78 Å². The van der Waals surface area contributed by atoms with E-state index in [1.165, 1.54) is 11.6 Å². The molecule has 0 aliphatic rings. The standard InChI is InChI=1S/C8H12F5NO2S/c1-17-16-5-7(9,10)3-2-6(15)14-4-8(11,12)13/h2-5H2,1H3,(H,14,15). The Labute approximate surface area is 99.3 Å². The fraction of sp³-hybridized carbons (Fsp3) is 0.875. The van der Waals surface area contributed by atoms with Gasteiger partial charge in [0.1, 0.15) is 13.2 Å². The van der Waals surface area contributed by atoms with Crippen LogP contribution >= 0.6 is 12.0 Å². The summed E-state index contributed by atoms with van der Waals surface area (Å²) >= 11 is 0.747. The van der Waals surface area contributed by atoms with Crippen molar-refractivity contribution < 1.29 is 30.9 Å². The minimum atomic E-state index is -4.54. The van der Waals surface area contributed by atoms with Gasteiger partial charge in [0, 0.05) is 19.1 Å². The molecule has 102 valence electrons. The number of carbonyl (C=O) groups is 1. The van der Waals surface area contributed by atoms with E-state index in [1.54, 1.807) is 0 Å². The molecule has 1 amide bonds. The van der Waals surface area contributed by atoms with Crippen LogP contribution in [0.2, 0.25) is 0 Å². The number of alkyl halides is 5. The number of hydrogen-bond donors (Lipinski definition) is 1. The summed E-state index contributed by atoms with van der Waals surface area (Å²) < 4.78 is 65.2. The summed E-state index contributed by atoms with van der Waals surface area (Å²) in [5.74, 6) is -4.29. The van der Waals surface area contributed by atoms with Crippen LogP contribution in [-0.2, 0) is 8.98 Å². The number of hydrogen-bond acceptors (Lipinski definition) is 3. The average Bonchev–Trinajstić information content (AvgIpc) is 2.20. The van der Waals surface area contributed by atoms with Gasteiger partial charge in [-0.15, -0.1) is 0 Å². The lowest BCUT2D eigenvalue weighted by Gasteiger charge is -2.15. The summed E-state index contributed by atoms with van der Waals surface area (Å²) in [5.41, 5.74) is 0. The minimum Gasteiger partial charge on any atom is -0.347 e. The van der Waals surface area contributed by atoms with Crippen LogP contribution in [0.15, 0.2) is 0 Å². The molecule has 1 N–H and O–H groups in total. The van der Waals surface area contributed by atoms with Gasteiger partial charge in [-0.1, -0.05) is 0 Å². The van der Waals surface area contributed by atoms with Crippen molar-refractivity contribution in [1.29, 1.82) is 0 Å². The molecule has 9 heteroatoms. The predicted octanol–water partition coefficient (Wildman–Crippen LogP) is 2.38. The van der Waals surface area contributed by atoms with Crippen molar-refractivity contribution in [2.45, 2.75) is 24.9 Å². The molecule has 0 aromatic rings. The molecule has 0 spiro atoms. The highest BCUT2D eigenvalue weighted by Crippen LogP contribution is 2.22. The monoisotopic (exact) mass is 281 g/mol. The zero-order valence-electron chi connectivity index (χ0n) is 8.94. The van der Waals surface area contributed by atoms with Crippen LogP contribution in [0.25, 0.3) is 0 Å². The Balaban J connectivity index is 3.83. The molecule has 0 fully saturated rings. The van der Waals surface area contributed by atoms with Crippen LogP contribution in [0.4, 0.5) is 22.0 Å². The number of amides is 1. The van der Waals surface area contributed by atoms with Crippen LogP contribution in [0, 0.1) is 0 Å². The third-order valence-corrected chi connectivity index (χ3v) is 1.95. The van der Waals surface area contributed by atoms with Gasteiger partial charge in [0.25, 0.3) is 5.92 Å². The Kier molecular flexibility index (Phi) is 6.76. The third kappa shape index (κ3) is 10.3. The summed E-state index contributed by atoms with van der Waals surface area (Å²) in [4.78, 5) is 10.8. The maximum Gasteiger partial charge on any atom is 0.405 e. The van der Waals surface area contributed by atoms with Gasteiger partial charge >= 0.3 is 6.18 Å². The van der Waals surface area contributed by atoms with Gasteiger partial charge in [0.2, 0.25) is 5.91 Å². The highest BCUT2D eigenvalue weighted by Gasteiger charge is 2.31. The summed E-state index contributed by atoms with van der Waals surface area (Å²) in [6.07, 6.45) is -4.62. The van der Waals surface area contributed by atoms with Crippen molar-refractivity contribution in [3.8, 4) is 0 Å². The number of carbonyl (C=O) groups excluding carboxylic acids is 1. The SMILES string of the molecule is CSOCC(F)(F)CCC(=O)NCC(F)(F)F. The van der Waals surface area contributed by atoms with E-state index in [2.05, 4.69) is 4.18 Å². The Morgan fingerprint density at radius 1 is 1.29 bits per heavy atom. The summed E-state index contributed by atoms with van der Waals surface area (Å²) in [7, 11) is 0. The number of rotatable bonds is 7. The zero-order valence-corrected chi connectivity index (χ0v) is 9.76. The molecule has 0 heterocycles. The summed E-state index contributed by atoms with van der Waals surface area (Å²) in [5, 5.41) is 1.51. The molecule has 0 unspecified atom stereocenters. The van der Waals surface area contributed by atoms with Crippen molar-refractivity contribution >= 4 is 17.9 Å². The maximum atomic E-state index is 12.9. The summed E-state index contributed by atoms with van der Waals surface area (Å²) in [6.45, 7) is -2.39. The van der Waals surface area contributed by atoms with Gasteiger partial charge in [0.15, 0.2) is 0 Å². The molecule has 0 bridgehead atoms. The molecule has 0 atom stereocenters. The molecule has 0 aliphatic carbocycles. The second kappa shape index (κ2) is 7.00. The molecular formula is C8H12F5NO2S. The van der Waals surface area contributed by atoms with Crippen LogP contribution in [0.3, 0.4) is 0 Å². The van der Waals surface area contributed by atoms with Crippen LogP contribution < -0.4 is 5.32 Å². The van der Waals surface area contributed by atoms with E-state index in [-0.39, 0.29) is 0 Å². The molecule has 0 saturated carbocycles. The Morgan fingerprint density at radius 2 is 1.88 bits per heavy atom. The lowest BCUT2D eigenvalue weighted by molar-refractivity contribution is -0.139. The van der Waals surface area contributed by atoms with E-state index in [4.69, 9.17) is 0 Å². The second-order valence-electron chi connectivity index (χ2n) is 3.18. The lowest BCUT2D eigenvalue weighted by atomic mass is 10.2. The third-order valence-electron chi connectivity index (χ3n) is 1.59. The first-order valence-corrected chi connectivity index (χ1v) is 5.68. The highest BCUT2D eigenvalue weighted by atomic mass is 32.2. The van der Waals surface area contributed by atoms with E-state index in [0.29, 0.717) is 0 Å². The normalized spacial score (nSPS) is 12.6. The van der Waals surface area contributed by atoms with Crippen molar-refractivity contribution in [3.05, 3.63) is 0 Å². The van der Waals surface area contributed by atoms with Gasteiger partial charge in [-0.05, 0) is 12.0 Å². The van der Waals surface area contributed by atoms with Crippen molar-refractivity contribution in [2.24, 2.45) is 0 Å². The molecule has 0 aromatic carbocycles. The van der Waals surface area contributed by atoms with Gasteiger partial charge in [-0.3, -0.25) is 4.79 Å². The molecule has 3 nitrogen and oxygen atoms in total. The molecule has 0 radical (unpaired) electrons. The van der Waals surface area contributed by atoms with Crippen LogP contribution in [-0.4, -0.2) is 37.4 Å². The van der Waals surface area contributed by atoms with E-state index in [9.17, 15) is 26.7 Å². The van der Waals surface area contributed by atoms with Crippen molar-refractivity contribution in [2.75, 3.05) is 19.4 Å². The van der Waals surface area contributed by atoms with Crippen molar-refractivity contribution in [1.82, 2.24) is 5.32 Å². The lowest BCUT2D eigenvalue weighted by Crippen LogP contribution is -2.35. The maximum absolute atomic E-state index is 12.9. The van der Waals surface area contributed by atoms with Gasteiger partial charge < -0.3 is 9.50 Å². The highest BCUT2D eigenvalue weighted by molar-refractivity contribution is 7.93. The largest absolute Gasteiger partial charge is 0.405 e. The van der Waals surface area contributed by atoms with E-state index >= 15 is 0 Å². The van der Waals surface area contributed by atoms with Crippen LogP contribution in [0.1, 0.15) is 12.8 Å². The molecule has 17 heavy (non-hydrogen) atoms. The number of nitrogens with one attached hydrogen (secondary N) is 1. The van der Waals surface area contributed by atoms with Gasteiger partial charge in [-0.2, -0.15) is 13.2 Å². The van der Waals surface area contributed by atoms with E-state index in [0.717, 1.165) is 12.0 Å². The molecular weight excluding hydrogens is 269 g/mol. The topological polar surface area (TPSA) is 38.3 Å². The molecule has 0 aromatic heterocycles. The molecule has 0 saturated heterocycles. The van der Waals surface area contributed by atoms with E-state index < -0.39 is 44.0 Å². The fourth-order valence-electron chi connectivity index (χ4n) is 0.801. The first-order chi connectivity index (χ1) is 7.66. The number of halogens is 5. The molecule has 0 aliphatic heterocycles.